The predicted molar refractivity (Wildman–Crippen MR) is 133 cm³/mol. The fourth-order valence-electron chi connectivity index (χ4n) is 3.37. The second-order valence-electron chi connectivity index (χ2n) is 9.35. The lowest BCUT2D eigenvalue weighted by Gasteiger charge is -2.29. The van der Waals surface area contributed by atoms with Gasteiger partial charge in [-0.25, -0.2) is 22.9 Å². The van der Waals surface area contributed by atoms with Gasteiger partial charge < -0.3 is 20.7 Å². The molecule has 2 heterocycles. The number of nitrogens with zero attached hydrogens (tertiary/aromatic N) is 3. The fraction of sp³-hybridized carbons (Fsp3) is 0.308. The minimum Gasteiger partial charge on any atom is -0.444 e. The Morgan fingerprint density at radius 3 is 2.35 bits per heavy atom. The van der Waals surface area contributed by atoms with Crippen LogP contribution in [0.1, 0.15) is 50.6 Å². The van der Waals surface area contributed by atoms with Crippen molar-refractivity contribution in [2.75, 3.05) is 10.6 Å². The molecular formula is C26H27F3N6O2. The highest BCUT2D eigenvalue weighted by atomic mass is 19.1. The minimum absolute atomic E-state index is 0.0398. The summed E-state index contributed by atoms with van der Waals surface area (Å²) >= 11 is 0. The number of aromatic nitrogens is 2. The van der Waals surface area contributed by atoms with E-state index in [9.17, 15) is 18.8 Å². The zero-order valence-corrected chi connectivity index (χ0v) is 21.0. The van der Waals surface area contributed by atoms with Crippen LogP contribution in [-0.4, -0.2) is 27.7 Å². The maximum Gasteiger partial charge on any atom is 0.407 e. The lowest BCUT2D eigenvalue weighted by Crippen LogP contribution is -2.42. The molecule has 0 aliphatic rings. The van der Waals surface area contributed by atoms with Crippen LogP contribution in [-0.2, 0) is 4.74 Å². The summed E-state index contributed by atoms with van der Waals surface area (Å²) in [6.07, 6.45) is 0.657. The van der Waals surface area contributed by atoms with Crippen molar-refractivity contribution >= 4 is 23.4 Å². The molecule has 0 fully saturated rings. The van der Waals surface area contributed by atoms with Gasteiger partial charge in [-0.1, -0.05) is 12.1 Å². The summed E-state index contributed by atoms with van der Waals surface area (Å²) in [4.78, 5) is 20.5. The van der Waals surface area contributed by atoms with Gasteiger partial charge in [0.1, 0.15) is 23.3 Å². The highest BCUT2D eigenvalue weighted by Gasteiger charge is 2.26. The molecule has 2 atom stereocenters. The first-order valence-electron chi connectivity index (χ1n) is 11.4. The van der Waals surface area contributed by atoms with E-state index in [0.717, 1.165) is 6.07 Å². The molecule has 8 nitrogen and oxygen atoms in total. The van der Waals surface area contributed by atoms with Crippen molar-refractivity contribution in [3.8, 4) is 6.07 Å². The molecule has 3 N–H and O–H groups in total. The van der Waals surface area contributed by atoms with Crippen LogP contribution in [0.5, 0.6) is 0 Å². The van der Waals surface area contributed by atoms with Crippen LogP contribution in [0.2, 0.25) is 0 Å². The second kappa shape index (κ2) is 11.2. The Balaban J connectivity index is 1.96. The Labute approximate surface area is 212 Å². The first kappa shape index (κ1) is 27.3. The normalized spacial score (nSPS) is 12.7. The van der Waals surface area contributed by atoms with Crippen molar-refractivity contribution in [2.45, 2.75) is 52.3 Å². The van der Waals surface area contributed by atoms with Crippen molar-refractivity contribution < 1.29 is 22.7 Å². The molecule has 1 amide bonds. The lowest BCUT2D eigenvalue weighted by atomic mass is 10.00. The van der Waals surface area contributed by atoms with Crippen LogP contribution in [0, 0.1) is 35.7 Å². The zero-order chi connectivity index (χ0) is 27.3. The van der Waals surface area contributed by atoms with Crippen LogP contribution in [0.3, 0.4) is 0 Å². The highest BCUT2D eigenvalue weighted by molar-refractivity contribution is 5.68. The Kier molecular flexibility index (Phi) is 8.22. The number of carbonyl (C=O) groups excluding carboxylic acids is 1. The molecule has 0 saturated carbocycles. The number of rotatable bonds is 7. The van der Waals surface area contributed by atoms with E-state index in [1.54, 1.807) is 27.7 Å². The maximum atomic E-state index is 15.0. The quantitative estimate of drug-likeness (QED) is 0.362. The summed E-state index contributed by atoms with van der Waals surface area (Å²) in [6, 6.07) is 7.99. The molecular weight excluding hydrogens is 485 g/mol. The Hall–Kier alpha value is -4.33. The van der Waals surface area contributed by atoms with Crippen molar-refractivity contribution in [1.82, 2.24) is 15.3 Å². The van der Waals surface area contributed by atoms with E-state index in [2.05, 4.69) is 25.9 Å². The van der Waals surface area contributed by atoms with Gasteiger partial charge in [-0.05, 0) is 58.4 Å². The SMILES string of the molecule is Cc1ncc(Nc2nc(N[C@H](c3ccc(F)cc3)[C@H](C)NC(=O)OC(C)(C)C)c(F)cc2C#N)cc1F. The van der Waals surface area contributed by atoms with E-state index < -0.39 is 41.2 Å². The number of carbonyl (C=O) groups is 1. The number of hydrogen-bond donors (Lipinski definition) is 3. The molecule has 37 heavy (non-hydrogen) atoms. The summed E-state index contributed by atoms with van der Waals surface area (Å²) in [5, 5.41) is 17.9. The number of halogens is 3. The number of benzene rings is 1. The third-order valence-electron chi connectivity index (χ3n) is 5.15. The third kappa shape index (κ3) is 7.33. The maximum absolute atomic E-state index is 15.0. The largest absolute Gasteiger partial charge is 0.444 e. The third-order valence-corrected chi connectivity index (χ3v) is 5.15. The van der Waals surface area contributed by atoms with Gasteiger partial charge in [-0.2, -0.15) is 5.26 Å². The summed E-state index contributed by atoms with van der Waals surface area (Å²) in [5.74, 6) is -2.17. The van der Waals surface area contributed by atoms with Gasteiger partial charge >= 0.3 is 6.09 Å². The minimum atomic E-state index is -0.841. The molecule has 0 aliphatic carbocycles. The fourth-order valence-corrected chi connectivity index (χ4v) is 3.37. The van der Waals surface area contributed by atoms with Gasteiger partial charge in [-0.15, -0.1) is 0 Å². The van der Waals surface area contributed by atoms with Gasteiger partial charge in [0.05, 0.1) is 35.2 Å². The van der Waals surface area contributed by atoms with Gasteiger partial charge in [0.25, 0.3) is 0 Å². The monoisotopic (exact) mass is 512 g/mol. The number of nitriles is 1. The summed E-state index contributed by atoms with van der Waals surface area (Å²) < 4.78 is 47.9. The number of amides is 1. The summed E-state index contributed by atoms with van der Waals surface area (Å²) in [7, 11) is 0. The highest BCUT2D eigenvalue weighted by Crippen LogP contribution is 2.28. The van der Waals surface area contributed by atoms with Crippen LogP contribution in [0.25, 0.3) is 0 Å². The number of hydrogen-bond acceptors (Lipinski definition) is 7. The Bertz CT molecular complexity index is 1320. The van der Waals surface area contributed by atoms with Crippen molar-refractivity contribution in [2.24, 2.45) is 0 Å². The summed E-state index contributed by atoms with van der Waals surface area (Å²) in [6.45, 7) is 8.30. The number of pyridine rings is 2. The standard InChI is InChI=1S/C26H27F3N6O2/c1-14-20(28)11-19(13-31-14)33-23-17(12-30)10-21(29)24(35-23)34-22(16-6-8-18(27)9-7-16)15(2)32-25(36)37-26(3,4)5/h6-11,13,15,22H,1-5H3,(H,32,36)(H2,33,34,35)/t15-,22-/m0/s1. The van der Waals surface area contributed by atoms with Crippen LogP contribution < -0.4 is 16.0 Å². The van der Waals surface area contributed by atoms with Crippen LogP contribution in [0.4, 0.5) is 35.3 Å². The number of ether oxygens (including phenoxy) is 1. The van der Waals surface area contributed by atoms with Crippen LogP contribution in [0.15, 0.2) is 42.6 Å². The van der Waals surface area contributed by atoms with E-state index >= 15 is 4.39 Å². The lowest BCUT2D eigenvalue weighted by molar-refractivity contribution is 0.0503. The molecule has 0 saturated heterocycles. The topological polar surface area (TPSA) is 112 Å². The molecule has 11 heteroatoms. The Morgan fingerprint density at radius 2 is 1.76 bits per heavy atom. The van der Waals surface area contributed by atoms with Gasteiger partial charge in [-0.3, -0.25) is 4.98 Å². The van der Waals surface area contributed by atoms with E-state index in [1.165, 1.54) is 43.5 Å². The second-order valence-corrected chi connectivity index (χ2v) is 9.35. The molecule has 1 aromatic carbocycles. The Morgan fingerprint density at radius 1 is 1.08 bits per heavy atom. The van der Waals surface area contributed by atoms with Crippen LogP contribution >= 0.6 is 0 Å². The smallest absolute Gasteiger partial charge is 0.407 e. The molecule has 2 aromatic heterocycles. The molecule has 0 aliphatic heterocycles. The predicted octanol–water partition coefficient (Wildman–Crippen LogP) is 5.88. The molecule has 0 spiro atoms. The van der Waals surface area contributed by atoms with Gasteiger partial charge in [0.15, 0.2) is 17.5 Å². The van der Waals surface area contributed by atoms with Crippen molar-refractivity contribution in [3.63, 3.8) is 0 Å². The zero-order valence-electron chi connectivity index (χ0n) is 21.0. The molecule has 3 rings (SSSR count). The van der Waals surface area contributed by atoms with E-state index in [4.69, 9.17) is 4.74 Å². The molecule has 0 unspecified atom stereocenters. The molecule has 3 aromatic rings. The van der Waals surface area contributed by atoms with E-state index in [0.29, 0.717) is 5.56 Å². The summed E-state index contributed by atoms with van der Waals surface area (Å²) in [5.41, 5.74) is 0.0554. The first-order valence-corrected chi connectivity index (χ1v) is 11.4. The van der Waals surface area contributed by atoms with Crippen molar-refractivity contribution in [3.05, 3.63) is 76.9 Å². The molecule has 0 bridgehead atoms. The number of aryl methyl sites for hydroxylation is 1. The number of anilines is 3. The van der Waals surface area contributed by atoms with E-state index in [1.807, 2.05) is 6.07 Å². The average Bonchev–Trinajstić information content (AvgIpc) is 2.80. The average molecular weight is 513 g/mol. The van der Waals surface area contributed by atoms with Gasteiger partial charge in [0.2, 0.25) is 0 Å². The molecule has 194 valence electrons. The van der Waals surface area contributed by atoms with Gasteiger partial charge in [0, 0.05) is 6.07 Å². The first-order chi connectivity index (χ1) is 17.4. The van der Waals surface area contributed by atoms with Crippen molar-refractivity contribution in [1.29, 1.82) is 5.26 Å². The number of nitrogens with one attached hydrogen (secondary N) is 3. The van der Waals surface area contributed by atoms with E-state index in [-0.39, 0.29) is 28.6 Å². The molecule has 0 radical (unpaired) electrons. The number of alkyl carbamates (subject to hydrolysis) is 1.